The SMILES string of the molecule is CC(c1ccco1)n1ccc(=O)[nH]c1=S. The molecule has 1 unspecified atom stereocenters. The van der Waals surface area contributed by atoms with Crippen molar-refractivity contribution in [2.45, 2.75) is 13.0 Å². The topological polar surface area (TPSA) is 50.9 Å². The van der Waals surface area contributed by atoms with Crippen LogP contribution in [0, 0.1) is 4.77 Å². The summed E-state index contributed by atoms with van der Waals surface area (Å²) in [5.74, 6) is 0.804. The number of rotatable bonds is 2. The lowest BCUT2D eigenvalue weighted by Crippen LogP contribution is -2.14. The molecule has 78 valence electrons. The third-order valence-corrected chi connectivity index (χ3v) is 2.54. The standard InChI is InChI=1S/C10H10N2O2S/c1-7(8-3-2-6-14-8)12-5-4-9(13)11-10(12)15/h2-7H,1H3,(H,11,13,15). The maximum atomic E-state index is 11.0. The van der Waals surface area contributed by atoms with E-state index in [0.717, 1.165) is 5.76 Å². The average Bonchev–Trinajstić information content (AvgIpc) is 2.69. The van der Waals surface area contributed by atoms with Gasteiger partial charge in [0.1, 0.15) is 5.76 Å². The molecule has 0 aliphatic carbocycles. The van der Waals surface area contributed by atoms with Crippen LogP contribution in [0.4, 0.5) is 0 Å². The monoisotopic (exact) mass is 222 g/mol. The molecular formula is C10H10N2O2S. The number of hydrogen-bond donors (Lipinski definition) is 1. The molecule has 0 radical (unpaired) electrons. The molecule has 0 aromatic carbocycles. The number of nitrogens with zero attached hydrogens (tertiary/aromatic N) is 1. The molecule has 5 heteroatoms. The number of aromatic amines is 1. The molecule has 1 N–H and O–H groups in total. The minimum absolute atomic E-state index is 0.0237. The van der Waals surface area contributed by atoms with Crippen LogP contribution < -0.4 is 5.56 Å². The van der Waals surface area contributed by atoms with Gasteiger partial charge in [0.05, 0.1) is 12.3 Å². The van der Waals surface area contributed by atoms with Gasteiger partial charge in [0.2, 0.25) is 0 Å². The molecule has 0 bridgehead atoms. The quantitative estimate of drug-likeness (QED) is 0.792. The second-order valence-corrected chi connectivity index (χ2v) is 3.60. The Morgan fingerprint density at radius 2 is 2.33 bits per heavy atom. The van der Waals surface area contributed by atoms with E-state index in [1.54, 1.807) is 17.0 Å². The minimum atomic E-state index is -0.192. The Morgan fingerprint density at radius 3 is 2.93 bits per heavy atom. The van der Waals surface area contributed by atoms with Gasteiger partial charge in [-0.25, -0.2) is 0 Å². The third kappa shape index (κ3) is 1.92. The van der Waals surface area contributed by atoms with Crippen LogP contribution in [0.3, 0.4) is 0 Å². The van der Waals surface area contributed by atoms with Gasteiger partial charge in [0.25, 0.3) is 5.56 Å². The Labute approximate surface area is 91.2 Å². The van der Waals surface area contributed by atoms with E-state index in [1.165, 1.54) is 6.07 Å². The van der Waals surface area contributed by atoms with Crippen LogP contribution in [0.2, 0.25) is 0 Å². The summed E-state index contributed by atoms with van der Waals surface area (Å²) in [5.41, 5.74) is -0.192. The first kappa shape index (κ1) is 9.92. The Morgan fingerprint density at radius 1 is 1.53 bits per heavy atom. The molecule has 2 aromatic heterocycles. The zero-order valence-corrected chi connectivity index (χ0v) is 8.95. The van der Waals surface area contributed by atoms with Crippen molar-refractivity contribution < 1.29 is 4.42 Å². The zero-order valence-electron chi connectivity index (χ0n) is 8.14. The number of hydrogen-bond acceptors (Lipinski definition) is 3. The van der Waals surface area contributed by atoms with Crippen LogP contribution in [-0.2, 0) is 0 Å². The molecule has 0 saturated heterocycles. The van der Waals surface area contributed by atoms with E-state index in [1.807, 2.05) is 19.1 Å². The highest BCUT2D eigenvalue weighted by atomic mass is 32.1. The Balaban J connectivity index is 2.47. The van der Waals surface area contributed by atoms with Gasteiger partial charge in [-0.05, 0) is 31.3 Å². The lowest BCUT2D eigenvalue weighted by molar-refractivity contribution is 0.440. The van der Waals surface area contributed by atoms with E-state index in [4.69, 9.17) is 16.6 Å². The van der Waals surface area contributed by atoms with Crippen LogP contribution in [-0.4, -0.2) is 9.55 Å². The van der Waals surface area contributed by atoms with Crippen molar-refractivity contribution >= 4 is 12.2 Å². The largest absolute Gasteiger partial charge is 0.467 e. The van der Waals surface area contributed by atoms with E-state index >= 15 is 0 Å². The van der Waals surface area contributed by atoms with E-state index in [2.05, 4.69) is 4.98 Å². The smallest absolute Gasteiger partial charge is 0.251 e. The summed E-state index contributed by atoms with van der Waals surface area (Å²) in [6.07, 6.45) is 3.27. The van der Waals surface area contributed by atoms with Crippen LogP contribution in [0.25, 0.3) is 0 Å². The van der Waals surface area contributed by atoms with Gasteiger partial charge >= 0.3 is 0 Å². The highest BCUT2D eigenvalue weighted by Crippen LogP contribution is 2.17. The molecule has 0 aliphatic rings. The van der Waals surface area contributed by atoms with Gasteiger partial charge < -0.3 is 8.98 Å². The zero-order chi connectivity index (χ0) is 10.8. The number of aromatic nitrogens is 2. The molecule has 0 aliphatic heterocycles. The normalized spacial score (nSPS) is 12.6. The van der Waals surface area contributed by atoms with Gasteiger partial charge in [-0.15, -0.1) is 0 Å². The van der Waals surface area contributed by atoms with Gasteiger partial charge in [-0.3, -0.25) is 9.78 Å². The molecule has 1 atom stereocenters. The summed E-state index contributed by atoms with van der Waals surface area (Å²) >= 11 is 5.06. The molecule has 2 rings (SSSR count). The second-order valence-electron chi connectivity index (χ2n) is 3.21. The van der Waals surface area contributed by atoms with Crippen molar-refractivity contribution in [3.63, 3.8) is 0 Å². The predicted molar refractivity (Wildman–Crippen MR) is 58.4 cm³/mol. The number of furan rings is 1. The van der Waals surface area contributed by atoms with Crippen molar-refractivity contribution in [2.75, 3.05) is 0 Å². The van der Waals surface area contributed by atoms with Crippen LogP contribution >= 0.6 is 12.2 Å². The van der Waals surface area contributed by atoms with Crippen LogP contribution in [0.5, 0.6) is 0 Å². The predicted octanol–water partition coefficient (Wildman–Crippen LogP) is 2.11. The summed E-state index contributed by atoms with van der Waals surface area (Å²) in [6.45, 7) is 1.95. The Kier molecular flexibility index (Phi) is 2.55. The lowest BCUT2D eigenvalue weighted by atomic mass is 10.2. The summed E-state index contributed by atoms with van der Waals surface area (Å²) in [4.78, 5) is 13.6. The molecule has 2 aromatic rings. The van der Waals surface area contributed by atoms with E-state index < -0.39 is 0 Å². The fraction of sp³-hybridized carbons (Fsp3) is 0.200. The molecule has 4 nitrogen and oxygen atoms in total. The highest BCUT2D eigenvalue weighted by molar-refractivity contribution is 7.71. The molecule has 2 heterocycles. The minimum Gasteiger partial charge on any atom is -0.467 e. The third-order valence-electron chi connectivity index (χ3n) is 2.22. The molecule has 0 fully saturated rings. The Hall–Kier alpha value is -1.62. The molecule has 0 saturated carbocycles. The van der Waals surface area contributed by atoms with Crippen molar-refractivity contribution in [2.24, 2.45) is 0 Å². The van der Waals surface area contributed by atoms with Gasteiger partial charge in [0, 0.05) is 12.3 Å². The van der Waals surface area contributed by atoms with E-state index in [-0.39, 0.29) is 11.6 Å². The molecular weight excluding hydrogens is 212 g/mol. The van der Waals surface area contributed by atoms with Gasteiger partial charge in [0.15, 0.2) is 4.77 Å². The van der Waals surface area contributed by atoms with Crippen molar-refractivity contribution in [1.82, 2.24) is 9.55 Å². The number of H-pyrrole nitrogens is 1. The van der Waals surface area contributed by atoms with E-state index in [0.29, 0.717) is 4.77 Å². The van der Waals surface area contributed by atoms with Gasteiger partial charge in [-0.2, -0.15) is 0 Å². The lowest BCUT2D eigenvalue weighted by Gasteiger charge is -2.12. The fourth-order valence-electron chi connectivity index (χ4n) is 1.40. The summed E-state index contributed by atoms with van der Waals surface area (Å²) < 4.78 is 7.44. The average molecular weight is 222 g/mol. The summed E-state index contributed by atoms with van der Waals surface area (Å²) in [5, 5.41) is 0. The highest BCUT2D eigenvalue weighted by Gasteiger charge is 2.09. The first-order valence-corrected chi connectivity index (χ1v) is 4.94. The maximum absolute atomic E-state index is 11.0. The first-order chi connectivity index (χ1) is 7.18. The molecule has 0 amide bonds. The Bertz CT molecular complexity index is 553. The molecule has 15 heavy (non-hydrogen) atoms. The maximum Gasteiger partial charge on any atom is 0.251 e. The van der Waals surface area contributed by atoms with Crippen molar-refractivity contribution in [3.05, 3.63) is 51.5 Å². The van der Waals surface area contributed by atoms with Crippen molar-refractivity contribution in [1.29, 1.82) is 0 Å². The van der Waals surface area contributed by atoms with Crippen LogP contribution in [0.1, 0.15) is 18.7 Å². The number of nitrogens with one attached hydrogen (secondary N) is 1. The molecule has 0 spiro atoms. The fourth-order valence-corrected chi connectivity index (χ4v) is 1.72. The van der Waals surface area contributed by atoms with Gasteiger partial charge in [-0.1, -0.05) is 0 Å². The summed E-state index contributed by atoms with van der Waals surface area (Å²) in [6, 6.07) is 5.11. The first-order valence-electron chi connectivity index (χ1n) is 4.53. The van der Waals surface area contributed by atoms with E-state index in [9.17, 15) is 4.79 Å². The van der Waals surface area contributed by atoms with Crippen molar-refractivity contribution in [3.8, 4) is 0 Å². The second kappa shape index (κ2) is 3.86. The summed E-state index contributed by atoms with van der Waals surface area (Å²) in [7, 11) is 0. The van der Waals surface area contributed by atoms with Crippen LogP contribution in [0.15, 0.2) is 39.9 Å².